The van der Waals surface area contributed by atoms with Crippen LogP contribution in [0.2, 0.25) is 0 Å². The van der Waals surface area contributed by atoms with E-state index in [1.165, 1.54) is 17.7 Å². The molecule has 0 aliphatic carbocycles. The molecule has 0 unspecified atom stereocenters. The largest absolute Gasteiger partial charge is 0.383 e. The molecule has 146 valence electrons. The number of benzene rings is 2. The molecule has 1 aromatic heterocycles. The summed E-state index contributed by atoms with van der Waals surface area (Å²) in [6.45, 7) is 3.32. The molecule has 3 aromatic rings. The van der Waals surface area contributed by atoms with E-state index in [9.17, 15) is 10.1 Å². The number of halogens is 1. The molecular formula is C19H21ClN6O2. The summed E-state index contributed by atoms with van der Waals surface area (Å²) >= 11 is 0. The molecule has 8 nitrogen and oxygen atoms in total. The minimum atomic E-state index is -0.415. The van der Waals surface area contributed by atoms with E-state index in [-0.39, 0.29) is 18.1 Å². The van der Waals surface area contributed by atoms with Crippen molar-refractivity contribution in [2.24, 2.45) is 0 Å². The fourth-order valence-corrected chi connectivity index (χ4v) is 2.38. The molecule has 9 heteroatoms. The van der Waals surface area contributed by atoms with Gasteiger partial charge in [0.05, 0.1) is 4.92 Å². The van der Waals surface area contributed by atoms with Crippen molar-refractivity contribution in [1.29, 1.82) is 0 Å². The molecule has 0 bridgehead atoms. The predicted octanol–water partition coefficient (Wildman–Crippen LogP) is 4.38. The fraction of sp³-hybridized carbons (Fsp3) is 0.158. The van der Waals surface area contributed by atoms with Crippen molar-refractivity contribution < 1.29 is 4.92 Å². The maximum atomic E-state index is 10.6. The lowest BCUT2D eigenvalue weighted by Crippen LogP contribution is -2.14. The zero-order valence-electron chi connectivity index (χ0n) is 15.3. The SMILES string of the molecule is Cc1ccc(Nc2ccc(NCCNc3ccc([N+](=O)[O-])cc3)nn2)cc1.Cl. The second kappa shape index (κ2) is 10.1. The fourth-order valence-electron chi connectivity index (χ4n) is 2.38. The molecule has 0 amide bonds. The van der Waals surface area contributed by atoms with Gasteiger partial charge in [0.1, 0.15) is 5.82 Å². The Morgan fingerprint density at radius 1 is 0.821 bits per heavy atom. The van der Waals surface area contributed by atoms with Crippen molar-refractivity contribution in [2.75, 3.05) is 29.0 Å². The van der Waals surface area contributed by atoms with Gasteiger partial charge in [0.25, 0.3) is 5.69 Å². The third kappa shape index (κ3) is 6.10. The van der Waals surface area contributed by atoms with Crippen molar-refractivity contribution in [3.63, 3.8) is 0 Å². The van der Waals surface area contributed by atoms with E-state index in [0.29, 0.717) is 24.7 Å². The number of aromatic nitrogens is 2. The number of nitro benzene ring substituents is 1. The van der Waals surface area contributed by atoms with Gasteiger partial charge in [-0.05, 0) is 43.3 Å². The lowest BCUT2D eigenvalue weighted by atomic mass is 10.2. The smallest absolute Gasteiger partial charge is 0.269 e. The summed E-state index contributed by atoms with van der Waals surface area (Å²) in [7, 11) is 0. The molecule has 0 fully saturated rings. The van der Waals surface area contributed by atoms with Gasteiger partial charge in [-0.25, -0.2) is 0 Å². The van der Waals surface area contributed by atoms with Gasteiger partial charge >= 0.3 is 0 Å². The van der Waals surface area contributed by atoms with E-state index in [1.807, 2.05) is 43.3 Å². The Labute approximate surface area is 169 Å². The third-order valence-corrected chi connectivity index (χ3v) is 3.83. The first kappa shape index (κ1) is 20.9. The van der Waals surface area contributed by atoms with Crippen molar-refractivity contribution in [2.45, 2.75) is 6.92 Å². The lowest BCUT2D eigenvalue weighted by molar-refractivity contribution is -0.384. The normalized spacial score (nSPS) is 9.89. The van der Waals surface area contributed by atoms with E-state index in [0.717, 1.165) is 11.4 Å². The summed E-state index contributed by atoms with van der Waals surface area (Å²) in [5.41, 5.74) is 3.07. The Morgan fingerprint density at radius 2 is 1.39 bits per heavy atom. The molecule has 3 N–H and O–H groups in total. The monoisotopic (exact) mass is 400 g/mol. The van der Waals surface area contributed by atoms with Crippen LogP contribution in [0, 0.1) is 17.0 Å². The number of nitrogens with zero attached hydrogens (tertiary/aromatic N) is 3. The Balaban J connectivity index is 0.00000280. The van der Waals surface area contributed by atoms with Gasteiger partial charge in [0.15, 0.2) is 5.82 Å². The van der Waals surface area contributed by atoms with Crippen molar-refractivity contribution in [3.05, 3.63) is 76.3 Å². The summed E-state index contributed by atoms with van der Waals surface area (Å²) in [5, 5.41) is 28.5. The molecule has 0 aliphatic rings. The van der Waals surface area contributed by atoms with E-state index >= 15 is 0 Å². The van der Waals surface area contributed by atoms with Crippen molar-refractivity contribution in [3.8, 4) is 0 Å². The Morgan fingerprint density at radius 3 is 2.00 bits per heavy atom. The number of hydrogen-bond donors (Lipinski definition) is 3. The molecule has 0 saturated heterocycles. The van der Waals surface area contributed by atoms with E-state index in [2.05, 4.69) is 26.1 Å². The molecule has 0 atom stereocenters. The summed E-state index contributed by atoms with van der Waals surface area (Å²) in [5.74, 6) is 1.35. The average molecular weight is 401 g/mol. The summed E-state index contributed by atoms with van der Waals surface area (Å²) in [4.78, 5) is 10.2. The topological polar surface area (TPSA) is 105 Å². The molecule has 2 aromatic carbocycles. The highest BCUT2D eigenvalue weighted by Crippen LogP contribution is 2.16. The predicted molar refractivity (Wildman–Crippen MR) is 114 cm³/mol. The minimum Gasteiger partial charge on any atom is -0.383 e. The van der Waals surface area contributed by atoms with Crippen LogP contribution in [0.5, 0.6) is 0 Å². The molecule has 3 rings (SSSR count). The van der Waals surface area contributed by atoms with Crippen LogP contribution >= 0.6 is 12.4 Å². The molecule has 0 aliphatic heterocycles. The van der Waals surface area contributed by atoms with Gasteiger partial charge in [0.2, 0.25) is 0 Å². The molecule has 0 spiro atoms. The van der Waals surface area contributed by atoms with Gasteiger partial charge < -0.3 is 16.0 Å². The number of nitro groups is 1. The van der Waals surface area contributed by atoms with Gasteiger partial charge in [0, 0.05) is 36.6 Å². The van der Waals surface area contributed by atoms with Crippen LogP contribution in [0.25, 0.3) is 0 Å². The second-order valence-corrected chi connectivity index (χ2v) is 5.95. The van der Waals surface area contributed by atoms with Crippen molar-refractivity contribution >= 4 is 41.1 Å². The Hall–Kier alpha value is -3.39. The average Bonchev–Trinajstić information content (AvgIpc) is 2.68. The van der Waals surface area contributed by atoms with Gasteiger partial charge in [-0.15, -0.1) is 22.6 Å². The summed E-state index contributed by atoms with van der Waals surface area (Å²) in [6.07, 6.45) is 0. The molecule has 0 saturated carbocycles. The lowest BCUT2D eigenvalue weighted by Gasteiger charge is -2.09. The highest BCUT2D eigenvalue weighted by molar-refractivity contribution is 5.85. The maximum absolute atomic E-state index is 10.6. The van der Waals surface area contributed by atoms with Crippen LogP contribution in [0.15, 0.2) is 60.7 Å². The van der Waals surface area contributed by atoms with Crippen LogP contribution in [0.3, 0.4) is 0 Å². The number of anilines is 4. The quantitative estimate of drug-likeness (QED) is 0.292. The highest BCUT2D eigenvalue weighted by atomic mass is 35.5. The standard InChI is InChI=1S/C19H20N6O2.ClH/c1-14-2-4-16(5-3-14)22-19-11-10-18(23-24-19)21-13-12-20-15-6-8-17(9-7-15)25(26)27;/h2-11,20H,12-13H2,1H3,(H,21,23)(H,22,24);1H. The van der Waals surface area contributed by atoms with Gasteiger partial charge in [-0.2, -0.15) is 0 Å². The number of aryl methyl sites for hydroxylation is 1. The first-order valence-corrected chi connectivity index (χ1v) is 8.50. The van der Waals surface area contributed by atoms with Crippen molar-refractivity contribution in [1.82, 2.24) is 10.2 Å². The molecule has 28 heavy (non-hydrogen) atoms. The van der Waals surface area contributed by atoms with Crippen LogP contribution in [-0.2, 0) is 0 Å². The Kier molecular flexibility index (Phi) is 7.53. The van der Waals surface area contributed by atoms with Gasteiger partial charge in [-0.3, -0.25) is 10.1 Å². The van der Waals surface area contributed by atoms with Crippen LogP contribution in [0.1, 0.15) is 5.56 Å². The molecule has 1 heterocycles. The van der Waals surface area contributed by atoms with Crippen LogP contribution < -0.4 is 16.0 Å². The van der Waals surface area contributed by atoms with Crippen LogP contribution in [-0.4, -0.2) is 28.2 Å². The summed E-state index contributed by atoms with van der Waals surface area (Å²) < 4.78 is 0. The first-order valence-electron chi connectivity index (χ1n) is 8.50. The highest BCUT2D eigenvalue weighted by Gasteiger charge is 2.03. The molecular weight excluding hydrogens is 380 g/mol. The number of nitrogens with one attached hydrogen (secondary N) is 3. The minimum absolute atomic E-state index is 0. The van der Waals surface area contributed by atoms with Crippen LogP contribution in [0.4, 0.5) is 28.7 Å². The maximum Gasteiger partial charge on any atom is 0.269 e. The van der Waals surface area contributed by atoms with E-state index in [1.54, 1.807) is 12.1 Å². The number of non-ortho nitro benzene ring substituents is 1. The third-order valence-electron chi connectivity index (χ3n) is 3.83. The Bertz CT molecular complexity index is 886. The van der Waals surface area contributed by atoms with E-state index in [4.69, 9.17) is 0 Å². The summed E-state index contributed by atoms with van der Waals surface area (Å²) in [6, 6.07) is 18.1. The second-order valence-electron chi connectivity index (χ2n) is 5.95. The first-order chi connectivity index (χ1) is 13.1. The zero-order valence-corrected chi connectivity index (χ0v) is 16.1. The van der Waals surface area contributed by atoms with Gasteiger partial charge in [-0.1, -0.05) is 17.7 Å². The van der Waals surface area contributed by atoms with E-state index < -0.39 is 4.92 Å². The molecule has 0 radical (unpaired) electrons. The number of rotatable bonds is 8. The number of hydrogen-bond acceptors (Lipinski definition) is 7. The zero-order chi connectivity index (χ0) is 19.1.